The summed E-state index contributed by atoms with van der Waals surface area (Å²) in [6, 6.07) is 5.82. The summed E-state index contributed by atoms with van der Waals surface area (Å²) in [7, 11) is 4.33. The monoisotopic (exact) mass is 311 g/mol. The number of hydrogen-bond donors (Lipinski definition) is 1. The van der Waals surface area contributed by atoms with Gasteiger partial charge < -0.3 is 15.5 Å². The Kier molecular flexibility index (Phi) is 5.38. The van der Waals surface area contributed by atoms with Gasteiger partial charge in [-0.1, -0.05) is 36.0 Å². The van der Waals surface area contributed by atoms with E-state index in [-0.39, 0.29) is 0 Å². The Balaban J connectivity index is 1.94. The average Bonchev–Trinajstić information content (AvgIpc) is 2.77. The van der Waals surface area contributed by atoms with Gasteiger partial charge in [-0.2, -0.15) is 0 Å². The SMILES string of the molecule is CN1CCC(CN(C)Cc2ccc(C(N)=S)cc2Cl)C1. The van der Waals surface area contributed by atoms with Gasteiger partial charge in [-0.15, -0.1) is 0 Å². The molecule has 1 saturated heterocycles. The number of thiocarbonyl (C=S) groups is 1. The van der Waals surface area contributed by atoms with Gasteiger partial charge in [-0.05, 0) is 44.6 Å². The van der Waals surface area contributed by atoms with Gasteiger partial charge in [0.05, 0.1) is 0 Å². The first-order chi connectivity index (χ1) is 9.45. The molecular weight excluding hydrogens is 290 g/mol. The molecule has 0 aromatic heterocycles. The fourth-order valence-electron chi connectivity index (χ4n) is 2.80. The minimum atomic E-state index is 0.390. The molecule has 1 unspecified atom stereocenters. The zero-order chi connectivity index (χ0) is 14.7. The number of nitrogens with zero attached hydrogens (tertiary/aromatic N) is 2. The third-order valence-electron chi connectivity index (χ3n) is 3.84. The van der Waals surface area contributed by atoms with Gasteiger partial charge in [-0.3, -0.25) is 0 Å². The second kappa shape index (κ2) is 6.85. The lowest BCUT2D eigenvalue weighted by atomic mass is 10.1. The largest absolute Gasteiger partial charge is 0.389 e. The Hall–Kier alpha value is -0.680. The molecule has 1 aliphatic heterocycles. The molecule has 110 valence electrons. The van der Waals surface area contributed by atoms with E-state index in [0.717, 1.165) is 35.2 Å². The molecule has 0 bridgehead atoms. The van der Waals surface area contributed by atoms with Crippen LogP contribution >= 0.6 is 23.8 Å². The van der Waals surface area contributed by atoms with E-state index in [4.69, 9.17) is 29.6 Å². The Morgan fingerprint density at radius 1 is 1.55 bits per heavy atom. The Labute approximate surface area is 131 Å². The van der Waals surface area contributed by atoms with Crippen molar-refractivity contribution in [2.24, 2.45) is 11.7 Å². The van der Waals surface area contributed by atoms with Crippen molar-refractivity contribution in [1.29, 1.82) is 0 Å². The highest BCUT2D eigenvalue weighted by atomic mass is 35.5. The molecule has 0 spiro atoms. The van der Waals surface area contributed by atoms with Gasteiger partial charge in [0.15, 0.2) is 0 Å². The fourth-order valence-corrected chi connectivity index (χ4v) is 3.17. The van der Waals surface area contributed by atoms with Crippen LogP contribution in [0.25, 0.3) is 0 Å². The van der Waals surface area contributed by atoms with Crippen LogP contribution in [0.4, 0.5) is 0 Å². The molecule has 1 fully saturated rings. The summed E-state index contributed by atoms with van der Waals surface area (Å²) in [6.07, 6.45) is 1.29. The summed E-state index contributed by atoms with van der Waals surface area (Å²) < 4.78 is 0. The minimum Gasteiger partial charge on any atom is -0.389 e. The highest BCUT2D eigenvalue weighted by Gasteiger charge is 2.20. The molecule has 5 heteroatoms. The zero-order valence-corrected chi connectivity index (χ0v) is 13.7. The first-order valence-electron chi connectivity index (χ1n) is 6.91. The number of halogens is 1. The van der Waals surface area contributed by atoms with Crippen LogP contribution in [0.2, 0.25) is 5.02 Å². The lowest BCUT2D eigenvalue weighted by Gasteiger charge is -2.21. The van der Waals surface area contributed by atoms with E-state index in [1.165, 1.54) is 19.5 Å². The summed E-state index contributed by atoms with van der Waals surface area (Å²) in [5.41, 5.74) is 7.57. The van der Waals surface area contributed by atoms with Gasteiger partial charge >= 0.3 is 0 Å². The first kappa shape index (κ1) is 15.7. The van der Waals surface area contributed by atoms with Crippen molar-refractivity contribution in [3.05, 3.63) is 34.3 Å². The maximum absolute atomic E-state index is 6.31. The standard InChI is InChI=1S/C15H22ClN3S/c1-18-6-5-11(8-18)9-19(2)10-13-4-3-12(15(17)20)7-14(13)16/h3-4,7,11H,5-6,8-10H2,1-2H3,(H2,17,20). The van der Waals surface area contributed by atoms with Crippen LogP contribution < -0.4 is 5.73 Å². The van der Waals surface area contributed by atoms with Crippen molar-refractivity contribution in [3.63, 3.8) is 0 Å². The number of hydrogen-bond acceptors (Lipinski definition) is 3. The summed E-state index contributed by atoms with van der Waals surface area (Å²) in [5.74, 6) is 0.764. The maximum atomic E-state index is 6.31. The number of likely N-dealkylation sites (tertiary alicyclic amines) is 1. The molecule has 0 amide bonds. The Bertz CT molecular complexity index is 492. The van der Waals surface area contributed by atoms with Gasteiger partial charge in [0.1, 0.15) is 4.99 Å². The predicted octanol–water partition coefficient (Wildman–Crippen LogP) is 2.36. The average molecular weight is 312 g/mol. The summed E-state index contributed by atoms with van der Waals surface area (Å²) in [4.78, 5) is 5.12. The molecule has 0 aliphatic carbocycles. The number of rotatable bonds is 5. The molecule has 1 aromatic carbocycles. The Morgan fingerprint density at radius 2 is 2.30 bits per heavy atom. The first-order valence-corrected chi connectivity index (χ1v) is 7.69. The van der Waals surface area contributed by atoms with Crippen molar-refractivity contribution < 1.29 is 0 Å². The third-order valence-corrected chi connectivity index (χ3v) is 4.42. The molecule has 3 nitrogen and oxygen atoms in total. The summed E-state index contributed by atoms with van der Waals surface area (Å²) in [5, 5.41) is 0.741. The molecule has 2 rings (SSSR count). The highest BCUT2D eigenvalue weighted by Crippen LogP contribution is 2.21. The van der Waals surface area contributed by atoms with E-state index in [2.05, 4.69) is 23.9 Å². The highest BCUT2D eigenvalue weighted by molar-refractivity contribution is 7.80. The zero-order valence-electron chi connectivity index (χ0n) is 12.1. The van der Waals surface area contributed by atoms with Gasteiger partial charge in [0.25, 0.3) is 0 Å². The molecular formula is C15H22ClN3S. The van der Waals surface area contributed by atoms with E-state index in [1.54, 1.807) is 0 Å². The van der Waals surface area contributed by atoms with Crippen LogP contribution in [0.1, 0.15) is 17.5 Å². The van der Waals surface area contributed by atoms with Crippen LogP contribution in [-0.2, 0) is 6.54 Å². The lowest BCUT2D eigenvalue weighted by Crippen LogP contribution is -2.27. The lowest BCUT2D eigenvalue weighted by molar-refractivity contribution is 0.267. The van der Waals surface area contributed by atoms with E-state index < -0.39 is 0 Å². The van der Waals surface area contributed by atoms with Gasteiger partial charge in [0, 0.05) is 30.2 Å². The smallest absolute Gasteiger partial charge is 0.104 e. The molecule has 20 heavy (non-hydrogen) atoms. The maximum Gasteiger partial charge on any atom is 0.104 e. The van der Waals surface area contributed by atoms with Gasteiger partial charge in [-0.25, -0.2) is 0 Å². The molecule has 0 saturated carbocycles. The molecule has 2 N–H and O–H groups in total. The molecule has 1 aromatic rings. The van der Waals surface area contributed by atoms with Crippen molar-refractivity contribution in [2.45, 2.75) is 13.0 Å². The third kappa shape index (κ3) is 4.16. The predicted molar refractivity (Wildman–Crippen MR) is 89.3 cm³/mol. The van der Waals surface area contributed by atoms with Crippen molar-refractivity contribution >= 4 is 28.8 Å². The van der Waals surface area contributed by atoms with Crippen molar-refractivity contribution in [3.8, 4) is 0 Å². The van der Waals surface area contributed by atoms with Crippen LogP contribution in [0.3, 0.4) is 0 Å². The van der Waals surface area contributed by atoms with Crippen LogP contribution in [0.15, 0.2) is 18.2 Å². The topological polar surface area (TPSA) is 32.5 Å². The van der Waals surface area contributed by atoms with Crippen molar-refractivity contribution in [1.82, 2.24) is 9.80 Å². The van der Waals surface area contributed by atoms with Gasteiger partial charge in [0.2, 0.25) is 0 Å². The van der Waals surface area contributed by atoms with E-state index in [9.17, 15) is 0 Å². The number of nitrogens with two attached hydrogens (primary N) is 1. The molecule has 1 aliphatic rings. The fraction of sp³-hybridized carbons (Fsp3) is 0.533. The van der Waals surface area contributed by atoms with Crippen LogP contribution in [-0.4, -0.2) is 48.5 Å². The molecule has 0 radical (unpaired) electrons. The van der Waals surface area contributed by atoms with Crippen LogP contribution in [0, 0.1) is 5.92 Å². The Morgan fingerprint density at radius 3 is 2.85 bits per heavy atom. The molecule has 1 heterocycles. The van der Waals surface area contributed by atoms with Crippen molar-refractivity contribution in [2.75, 3.05) is 33.7 Å². The van der Waals surface area contributed by atoms with E-state index in [1.807, 2.05) is 18.2 Å². The van der Waals surface area contributed by atoms with E-state index >= 15 is 0 Å². The number of benzene rings is 1. The minimum absolute atomic E-state index is 0.390. The second-order valence-corrected chi connectivity index (χ2v) is 6.63. The van der Waals surface area contributed by atoms with E-state index in [0.29, 0.717) is 4.99 Å². The normalized spacial score (nSPS) is 19.7. The van der Waals surface area contributed by atoms with Crippen LogP contribution in [0.5, 0.6) is 0 Å². The second-order valence-electron chi connectivity index (χ2n) is 5.78. The molecule has 1 atom stereocenters. The summed E-state index contributed by atoms with van der Waals surface area (Å²) >= 11 is 11.3. The quantitative estimate of drug-likeness (QED) is 0.846. The summed E-state index contributed by atoms with van der Waals surface area (Å²) in [6.45, 7) is 4.37.